The van der Waals surface area contributed by atoms with Gasteiger partial charge in [0.25, 0.3) is 5.91 Å². The standard InChI is InChI=1S/C16H20ClNO2/c17-13-11-12(3-4-14(13)19)15(20)18-9-7-16(8-10-18)5-1-2-6-16/h3-4,11,19H,1-2,5-10H2. The second-order valence-electron chi connectivity index (χ2n) is 6.17. The van der Waals surface area contributed by atoms with Crippen LogP contribution in [0.3, 0.4) is 0 Å². The molecule has 2 aliphatic rings. The minimum Gasteiger partial charge on any atom is -0.506 e. The van der Waals surface area contributed by atoms with E-state index in [9.17, 15) is 9.90 Å². The maximum atomic E-state index is 12.5. The molecular formula is C16H20ClNO2. The molecule has 1 spiro atoms. The van der Waals surface area contributed by atoms with Crippen LogP contribution < -0.4 is 0 Å². The van der Waals surface area contributed by atoms with Gasteiger partial charge in [-0.05, 0) is 49.3 Å². The summed E-state index contributed by atoms with van der Waals surface area (Å²) >= 11 is 5.87. The number of rotatable bonds is 1. The SMILES string of the molecule is O=C(c1ccc(O)c(Cl)c1)N1CCC2(CCCC2)CC1. The Hall–Kier alpha value is -1.22. The molecule has 1 saturated carbocycles. The molecule has 1 saturated heterocycles. The molecular weight excluding hydrogens is 274 g/mol. The molecule has 0 bridgehead atoms. The Balaban J connectivity index is 1.68. The number of carbonyl (C=O) groups is 1. The number of halogens is 1. The molecule has 20 heavy (non-hydrogen) atoms. The number of benzene rings is 1. The van der Waals surface area contributed by atoms with E-state index < -0.39 is 0 Å². The van der Waals surface area contributed by atoms with Crippen molar-refractivity contribution >= 4 is 17.5 Å². The molecule has 1 aliphatic heterocycles. The van der Waals surface area contributed by atoms with E-state index in [1.165, 1.54) is 31.7 Å². The number of piperidine rings is 1. The van der Waals surface area contributed by atoms with Gasteiger partial charge in [0.05, 0.1) is 5.02 Å². The molecule has 1 N–H and O–H groups in total. The van der Waals surface area contributed by atoms with Gasteiger partial charge in [0.15, 0.2) is 0 Å². The first-order chi connectivity index (χ1) is 9.60. The largest absolute Gasteiger partial charge is 0.506 e. The van der Waals surface area contributed by atoms with E-state index in [0.717, 1.165) is 25.9 Å². The first-order valence-corrected chi connectivity index (χ1v) is 7.75. The van der Waals surface area contributed by atoms with Gasteiger partial charge in [0.1, 0.15) is 5.75 Å². The van der Waals surface area contributed by atoms with Crippen molar-refractivity contribution in [1.82, 2.24) is 4.90 Å². The van der Waals surface area contributed by atoms with Crippen LogP contribution in [0.15, 0.2) is 18.2 Å². The summed E-state index contributed by atoms with van der Waals surface area (Å²) < 4.78 is 0. The van der Waals surface area contributed by atoms with Crippen molar-refractivity contribution in [3.8, 4) is 5.75 Å². The topological polar surface area (TPSA) is 40.5 Å². The average molecular weight is 294 g/mol. The summed E-state index contributed by atoms with van der Waals surface area (Å²) in [4.78, 5) is 14.4. The highest BCUT2D eigenvalue weighted by molar-refractivity contribution is 6.32. The third kappa shape index (κ3) is 2.51. The van der Waals surface area contributed by atoms with Crippen molar-refractivity contribution in [3.63, 3.8) is 0 Å². The van der Waals surface area contributed by atoms with E-state index in [2.05, 4.69) is 0 Å². The Kier molecular flexibility index (Phi) is 3.63. The highest BCUT2D eigenvalue weighted by Crippen LogP contribution is 2.46. The predicted molar refractivity (Wildman–Crippen MR) is 79.2 cm³/mol. The van der Waals surface area contributed by atoms with Gasteiger partial charge >= 0.3 is 0 Å². The van der Waals surface area contributed by atoms with Crippen molar-refractivity contribution in [2.45, 2.75) is 38.5 Å². The molecule has 0 unspecified atom stereocenters. The van der Waals surface area contributed by atoms with Crippen LogP contribution in [-0.2, 0) is 0 Å². The summed E-state index contributed by atoms with van der Waals surface area (Å²) in [5.74, 6) is 0.0477. The molecule has 2 fully saturated rings. The van der Waals surface area contributed by atoms with Crippen LogP contribution in [0.25, 0.3) is 0 Å². The highest BCUT2D eigenvalue weighted by Gasteiger charge is 2.38. The molecule has 1 aromatic carbocycles. The van der Waals surface area contributed by atoms with Crippen LogP contribution in [0, 0.1) is 5.41 Å². The minimum atomic E-state index is 0.0202. The molecule has 3 nitrogen and oxygen atoms in total. The lowest BCUT2D eigenvalue weighted by molar-refractivity contribution is 0.0587. The second kappa shape index (κ2) is 5.28. The van der Waals surface area contributed by atoms with Gasteiger partial charge in [-0.2, -0.15) is 0 Å². The summed E-state index contributed by atoms with van der Waals surface area (Å²) in [6.45, 7) is 1.69. The third-order valence-corrected chi connectivity index (χ3v) is 5.27. The molecule has 3 rings (SSSR count). The van der Waals surface area contributed by atoms with Crippen molar-refractivity contribution < 1.29 is 9.90 Å². The molecule has 1 amide bonds. The molecule has 108 valence electrons. The Morgan fingerprint density at radius 2 is 1.80 bits per heavy atom. The fraction of sp³-hybridized carbons (Fsp3) is 0.562. The van der Waals surface area contributed by atoms with E-state index in [-0.39, 0.29) is 16.7 Å². The first-order valence-electron chi connectivity index (χ1n) is 7.38. The molecule has 0 aromatic heterocycles. The lowest BCUT2D eigenvalue weighted by Crippen LogP contribution is -2.42. The maximum absolute atomic E-state index is 12.5. The molecule has 1 aliphatic carbocycles. The fourth-order valence-corrected chi connectivity index (χ4v) is 3.81. The van der Waals surface area contributed by atoms with Crippen LogP contribution in [0.4, 0.5) is 0 Å². The van der Waals surface area contributed by atoms with Gasteiger partial charge in [0, 0.05) is 18.7 Å². The molecule has 4 heteroatoms. The van der Waals surface area contributed by atoms with Crippen molar-refractivity contribution in [2.75, 3.05) is 13.1 Å². The highest BCUT2D eigenvalue weighted by atomic mass is 35.5. The predicted octanol–water partition coefficient (Wildman–Crippen LogP) is 3.84. The minimum absolute atomic E-state index is 0.0202. The number of phenols is 1. The number of hydrogen-bond acceptors (Lipinski definition) is 2. The molecule has 0 atom stereocenters. The van der Waals surface area contributed by atoms with Gasteiger partial charge in [0.2, 0.25) is 0 Å². The Morgan fingerprint density at radius 3 is 2.40 bits per heavy atom. The van der Waals surface area contributed by atoms with Crippen LogP contribution in [-0.4, -0.2) is 29.0 Å². The molecule has 1 heterocycles. The Morgan fingerprint density at radius 1 is 1.15 bits per heavy atom. The zero-order valence-corrected chi connectivity index (χ0v) is 12.3. The van der Waals surface area contributed by atoms with Gasteiger partial charge in [-0.1, -0.05) is 24.4 Å². The van der Waals surface area contributed by atoms with Crippen molar-refractivity contribution in [1.29, 1.82) is 0 Å². The molecule has 1 aromatic rings. The summed E-state index contributed by atoms with van der Waals surface area (Å²) in [5.41, 5.74) is 1.08. The number of amides is 1. The van der Waals surface area contributed by atoms with Crippen LogP contribution >= 0.6 is 11.6 Å². The van der Waals surface area contributed by atoms with E-state index in [1.807, 2.05) is 4.90 Å². The number of phenolic OH excluding ortho intramolecular Hbond substituents is 1. The van der Waals surface area contributed by atoms with E-state index in [1.54, 1.807) is 12.1 Å². The molecule has 0 radical (unpaired) electrons. The van der Waals surface area contributed by atoms with E-state index in [4.69, 9.17) is 11.6 Å². The third-order valence-electron chi connectivity index (χ3n) is 4.97. The Bertz CT molecular complexity index is 513. The number of carbonyl (C=O) groups excluding carboxylic acids is 1. The summed E-state index contributed by atoms with van der Waals surface area (Å²) in [6.07, 6.45) is 7.62. The van der Waals surface area contributed by atoms with Crippen molar-refractivity contribution in [3.05, 3.63) is 28.8 Å². The van der Waals surface area contributed by atoms with Crippen LogP contribution in [0.5, 0.6) is 5.75 Å². The Labute approximate surface area is 124 Å². The quantitative estimate of drug-likeness (QED) is 0.854. The smallest absolute Gasteiger partial charge is 0.253 e. The van der Waals surface area contributed by atoms with Gasteiger partial charge in [-0.25, -0.2) is 0 Å². The summed E-state index contributed by atoms with van der Waals surface area (Å²) in [5, 5.41) is 9.65. The zero-order chi connectivity index (χ0) is 14.2. The van der Waals surface area contributed by atoms with E-state index >= 15 is 0 Å². The van der Waals surface area contributed by atoms with E-state index in [0.29, 0.717) is 11.0 Å². The maximum Gasteiger partial charge on any atom is 0.253 e. The number of nitrogens with zero attached hydrogens (tertiary/aromatic N) is 1. The lowest BCUT2D eigenvalue weighted by Gasteiger charge is -2.39. The number of aromatic hydroxyl groups is 1. The first kappa shape index (κ1) is 13.7. The number of likely N-dealkylation sites (tertiary alicyclic amines) is 1. The van der Waals surface area contributed by atoms with Gasteiger partial charge < -0.3 is 10.0 Å². The van der Waals surface area contributed by atoms with Gasteiger partial charge in [-0.15, -0.1) is 0 Å². The fourth-order valence-electron chi connectivity index (χ4n) is 3.63. The summed E-state index contributed by atoms with van der Waals surface area (Å²) in [7, 11) is 0. The van der Waals surface area contributed by atoms with Crippen molar-refractivity contribution in [2.24, 2.45) is 5.41 Å². The average Bonchev–Trinajstić information content (AvgIpc) is 2.90. The van der Waals surface area contributed by atoms with Crippen LogP contribution in [0.1, 0.15) is 48.9 Å². The number of hydrogen-bond donors (Lipinski definition) is 1. The monoisotopic (exact) mass is 293 g/mol. The zero-order valence-electron chi connectivity index (χ0n) is 11.6. The van der Waals surface area contributed by atoms with Gasteiger partial charge in [-0.3, -0.25) is 4.79 Å². The summed E-state index contributed by atoms with van der Waals surface area (Å²) in [6, 6.07) is 4.68. The van der Waals surface area contributed by atoms with Crippen LogP contribution in [0.2, 0.25) is 5.02 Å². The lowest BCUT2D eigenvalue weighted by atomic mass is 9.77. The second-order valence-corrected chi connectivity index (χ2v) is 6.57. The normalized spacial score (nSPS) is 21.4.